The molecule has 0 aliphatic heterocycles. The Balaban J connectivity index is 1.93. The van der Waals surface area contributed by atoms with Crippen LogP contribution in [0.25, 0.3) is 0 Å². The largest absolute Gasteiger partial charge is 0.304 e. The van der Waals surface area contributed by atoms with Crippen molar-refractivity contribution in [2.24, 2.45) is 7.05 Å². The minimum absolute atomic E-state index is 0.294. The van der Waals surface area contributed by atoms with Crippen LogP contribution in [0.3, 0.4) is 0 Å². The van der Waals surface area contributed by atoms with Gasteiger partial charge >= 0.3 is 0 Å². The van der Waals surface area contributed by atoms with E-state index in [1.54, 1.807) is 11.3 Å². The molecule has 3 nitrogen and oxygen atoms in total. The molecule has 0 aliphatic carbocycles. The van der Waals surface area contributed by atoms with Gasteiger partial charge in [-0.05, 0) is 36.9 Å². The third kappa shape index (κ3) is 2.51. The van der Waals surface area contributed by atoms with Gasteiger partial charge in [0.2, 0.25) is 0 Å². The van der Waals surface area contributed by atoms with Crippen LogP contribution < -0.4 is 5.32 Å². The lowest BCUT2D eigenvalue weighted by molar-refractivity contribution is 0.554. The van der Waals surface area contributed by atoms with Gasteiger partial charge in [-0.3, -0.25) is 4.68 Å². The second kappa shape index (κ2) is 4.80. The summed E-state index contributed by atoms with van der Waals surface area (Å²) in [5.74, 6) is 0. The van der Waals surface area contributed by atoms with Crippen molar-refractivity contribution in [2.75, 3.05) is 0 Å². The Kier molecular flexibility index (Phi) is 3.41. The third-order valence-electron chi connectivity index (χ3n) is 2.71. The number of hydrogen-bond donors (Lipinski definition) is 1. The van der Waals surface area contributed by atoms with Crippen LogP contribution in [0.5, 0.6) is 0 Å². The lowest BCUT2D eigenvalue weighted by atomic mass is 10.2. The van der Waals surface area contributed by atoms with Gasteiger partial charge in [0.15, 0.2) is 0 Å². The van der Waals surface area contributed by atoms with E-state index in [2.05, 4.69) is 41.8 Å². The van der Waals surface area contributed by atoms with Crippen molar-refractivity contribution in [3.8, 4) is 0 Å². The number of rotatable bonds is 4. The van der Waals surface area contributed by atoms with Gasteiger partial charge in [-0.15, -0.1) is 11.3 Å². The Morgan fingerprint density at radius 2 is 2.31 bits per heavy atom. The average Bonchev–Trinajstić information content (AvgIpc) is 2.84. The highest BCUT2D eigenvalue weighted by Crippen LogP contribution is 2.17. The molecule has 2 heterocycles. The van der Waals surface area contributed by atoms with Gasteiger partial charge in [0.05, 0.1) is 5.69 Å². The van der Waals surface area contributed by atoms with Crippen LogP contribution in [0.2, 0.25) is 0 Å². The van der Waals surface area contributed by atoms with E-state index in [1.807, 2.05) is 17.9 Å². The fourth-order valence-corrected chi connectivity index (χ4v) is 2.46. The van der Waals surface area contributed by atoms with Gasteiger partial charge in [0.25, 0.3) is 0 Å². The second-order valence-corrected chi connectivity index (χ2v) is 5.04. The molecular formula is C12H17N3S. The van der Waals surface area contributed by atoms with Crippen LogP contribution in [0, 0.1) is 6.92 Å². The summed E-state index contributed by atoms with van der Waals surface area (Å²) >= 11 is 1.80. The molecule has 1 unspecified atom stereocenters. The summed E-state index contributed by atoms with van der Waals surface area (Å²) in [7, 11) is 1.94. The first-order valence-corrected chi connectivity index (χ1v) is 6.30. The molecule has 2 rings (SSSR count). The molecule has 2 aromatic heterocycles. The molecule has 2 aromatic rings. The Morgan fingerprint density at radius 3 is 2.88 bits per heavy atom. The van der Waals surface area contributed by atoms with Crippen molar-refractivity contribution < 1.29 is 0 Å². The summed E-state index contributed by atoms with van der Waals surface area (Å²) in [6.45, 7) is 5.21. The lowest BCUT2D eigenvalue weighted by Crippen LogP contribution is -2.18. The maximum Gasteiger partial charge on any atom is 0.0791 e. The minimum Gasteiger partial charge on any atom is -0.304 e. The molecule has 0 aliphatic rings. The van der Waals surface area contributed by atoms with Gasteiger partial charge in [0.1, 0.15) is 0 Å². The summed E-state index contributed by atoms with van der Waals surface area (Å²) < 4.78 is 1.84. The predicted octanol–water partition coefficient (Wildman–Crippen LogP) is 2.64. The fraction of sp³-hybridized carbons (Fsp3) is 0.417. The molecule has 0 saturated carbocycles. The van der Waals surface area contributed by atoms with Gasteiger partial charge in [-0.2, -0.15) is 5.10 Å². The fourth-order valence-electron chi connectivity index (χ4n) is 1.60. The van der Waals surface area contributed by atoms with Crippen molar-refractivity contribution in [1.29, 1.82) is 0 Å². The molecular weight excluding hydrogens is 218 g/mol. The Hall–Kier alpha value is -1.13. The number of aromatic nitrogens is 2. The van der Waals surface area contributed by atoms with E-state index in [0.717, 1.165) is 12.2 Å². The Bertz CT molecular complexity index is 458. The van der Waals surface area contributed by atoms with Crippen LogP contribution in [0.15, 0.2) is 23.7 Å². The average molecular weight is 235 g/mol. The number of nitrogens with zero attached hydrogens (tertiary/aromatic N) is 2. The third-order valence-corrected chi connectivity index (χ3v) is 3.74. The summed E-state index contributed by atoms with van der Waals surface area (Å²) in [6.07, 6.45) is 1.98. The molecule has 0 spiro atoms. The molecule has 1 atom stereocenters. The van der Waals surface area contributed by atoms with Crippen molar-refractivity contribution in [3.05, 3.63) is 39.8 Å². The molecule has 0 bridgehead atoms. The topological polar surface area (TPSA) is 29.9 Å². The van der Waals surface area contributed by atoms with E-state index in [9.17, 15) is 0 Å². The summed E-state index contributed by atoms with van der Waals surface area (Å²) in [6, 6.07) is 4.51. The highest BCUT2D eigenvalue weighted by molar-refractivity contribution is 7.10. The van der Waals surface area contributed by atoms with Crippen molar-refractivity contribution in [2.45, 2.75) is 26.4 Å². The first-order valence-electron chi connectivity index (χ1n) is 5.42. The van der Waals surface area contributed by atoms with E-state index in [4.69, 9.17) is 0 Å². The Labute approximate surface area is 100 Å². The maximum absolute atomic E-state index is 4.39. The van der Waals surface area contributed by atoms with Crippen molar-refractivity contribution in [3.63, 3.8) is 0 Å². The molecule has 16 heavy (non-hydrogen) atoms. The van der Waals surface area contributed by atoms with Crippen LogP contribution >= 0.6 is 11.3 Å². The molecule has 1 N–H and O–H groups in total. The lowest BCUT2D eigenvalue weighted by Gasteiger charge is -2.10. The van der Waals surface area contributed by atoms with Crippen molar-refractivity contribution in [1.82, 2.24) is 15.1 Å². The monoisotopic (exact) mass is 235 g/mol. The highest BCUT2D eigenvalue weighted by Gasteiger charge is 2.08. The number of thiophene rings is 1. The van der Waals surface area contributed by atoms with Gasteiger partial charge in [-0.25, -0.2) is 0 Å². The van der Waals surface area contributed by atoms with E-state index in [1.165, 1.54) is 10.4 Å². The summed E-state index contributed by atoms with van der Waals surface area (Å²) in [5.41, 5.74) is 2.46. The molecule has 4 heteroatoms. The molecule has 0 saturated heterocycles. The maximum atomic E-state index is 4.39. The molecule has 86 valence electrons. The highest BCUT2D eigenvalue weighted by atomic mass is 32.1. The normalized spacial score (nSPS) is 12.9. The van der Waals surface area contributed by atoms with E-state index < -0.39 is 0 Å². The molecule has 0 fully saturated rings. The summed E-state index contributed by atoms with van der Waals surface area (Å²) in [4.78, 5) is 1.41. The zero-order valence-corrected chi connectivity index (χ0v) is 10.7. The Morgan fingerprint density at radius 1 is 1.50 bits per heavy atom. The van der Waals surface area contributed by atoms with Crippen LogP contribution in [0.1, 0.15) is 29.1 Å². The van der Waals surface area contributed by atoms with E-state index in [-0.39, 0.29) is 0 Å². The first-order chi connectivity index (χ1) is 7.66. The number of nitrogens with one attached hydrogen (secondary N) is 1. The molecule has 0 aromatic carbocycles. The molecule has 0 radical (unpaired) electrons. The van der Waals surface area contributed by atoms with Crippen molar-refractivity contribution >= 4 is 11.3 Å². The standard InChI is InChI=1S/C12H17N3S/c1-9-5-7-16-12(9)8-13-10(2)11-4-6-15(3)14-11/h4-7,10,13H,8H2,1-3H3. The minimum atomic E-state index is 0.294. The van der Waals surface area contributed by atoms with Gasteiger partial charge < -0.3 is 5.32 Å². The second-order valence-electron chi connectivity index (χ2n) is 4.04. The van der Waals surface area contributed by atoms with Gasteiger partial charge in [0, 0.05) is 30.7 Å². The number of aryl methyl sites for hydroxylation is 2. The van der Waals surface area contributed by atoms with Crippen LogP contribution in [-0.4, -0.2) is 9.78 Å². The van der Waals surface area contributed by atoms with Crippen LogP contribution in [0.4, 0.5) is 0 Å². The first kappa shape index (κ1) is 11.4. The summed E-state index contributed by atoms with van der Waals surface area (Å²) in [5, 5.41) is 10.0. The smallest absolute Gasteiger partial charge is 0.0791 e. The zero-order valence-electron chi connectivity index (χ0n) is 9.90. The SMILES string of the molecule is Cc1ccsc1CNC(C)c1ccn(C)n1. The van der Waals surface area contributed by atoms with Gasteiger partial charge in [-0.1, -0.05) is 0 Å². The van der Waals surface area contributed by atoms with E-state index >= 15 is 0 Å². The van der Waals surface area contributed by atoms with Crippen LogP contribution in [-0.2, 0) is 13.6 Å². The molecule has 0 amide bonds. The predicted molar refractivity (Wildman–Crippen MR) is 67.5 cm³/mol. The number of hydrogen-bond acceptors (Lipinski definition) is 3. The zero-order chi connectivity index (χ0) is 11.5. The quantitative estimate of drug-likeness (QED) is 0.883. The van der Waals surface area contributed by atoms with E-state index in [0.29, 0.717) is 6.04 Å².